The average molecular weight is 275 g/mol. The lowest BCUT2D eigenvalue weighted by Gasteiger charge is -2.32. The third-order valence-corrected chi connectivity index (χ3v) is 3.88. The predicted octanol–water partition coefficient (Wildman–Crippen LogP) is 2.00. The summed E-state index contributed by atoms with van der Waals surface area (Å²) in [6.07, 6.45) is 3.10. The van der Waals surface area contributed by atoms with Crippen molar-refractivity contribution in [2.24, 2.45) is 11.7 Å². The Hall–Kier alpha value is -1.55. The number of urea groups is 1. The molecule has 4 nitrogen and oxygen atoms in total. The molecular weight excluding hydrogens is 250 g/mol. The number of nitrogens with two attached hydrogens (primary N) is 1. The number of hydrogen-bond donors (Lipinski definition) is 2. The molecule has 4 heteroatoms. The second kappa shape index (κ2) is 7.29. The highest BCUT2D eigenvalue weighted by Crippen LogP contribution is 2.15. The average Bonchev–Trinajstić information content (AvgIpc) is 2.47. The Labute approximate surface area is 121 Å². The van der Waals surface area contributed by atoms with Crippen LogP contribution in [0, 0.1) is 5.92 Å². The summed E-state index contributed by atoms with van der Waals surface area (Å²) in [5.41, 5.74) is 7.00. The molecule has 1 aromatic rings. The zero-order valence-electron chi connectivity index (χ0n) is 12.2. The molecule has 1 heterocycles. The third-order valence-electron chi connectivity index (χ3n) is 3.88. The van der Waals surface area contributed by atoms with Crippen LogP contribution in [0.5, 0.6) is 0 Å². The molecule has 3 N–H and O–H groups in total. The van der Waals surface area contributed by atoms with Crippen LogP contribution < -0.4 is 11.1 Å². The van der Waals surface area contributed by atoms with Gasteiger partial charge in [-0.2, -0.15) is 0 Å². The fraction of sp³-hybridized carbons (Fsp3) is 0.562. The highest BCUT2D eigenvalue weighted by molar-refractivity contribution is 5.74. The van der Waals surface area contributed by atoms with E-state index in [1.807, 2.05) is 23.1 Å². The maximum atomic E-state index is 12.3. The van der Waals surface area contributed by atoms with E-state index in [1.54, 1.807) is 0 Å². The summed E-state index contributed by atoms with van der Waals surface area (Å²) in [6, 6.07) is 10.2. The lowest BCUT2D eigenvalue weighted by atomic mass is 10.0. The molecule has 1 fully saturated rings. The van der Waals surface area contributed by atoms with E-state index in [0.29, 0.717) is 12.5 Å². The standard InChI is InChI=1S/C16H25N3O/c1-13-6-5-9-19(12-13)16(20)18-15(11-17)10-14-7-3-2-4-8-14/h2-4,7-8,13,15H,5-6,9-12,17H2,1H3,(H,18,20). The molecule has 110 valence electrons. The maximum absolute atomic E-state index is 12.3. The van der Waals surface area contributed by atoms with Crippen LogP contribution >= 0.6 is 0 Å². The second-order valence-electron chi connectivity index (χ2n) is 5.77. The molecule has 1 saturated heterocycles. The van der Waals surface area contributed by atoms with E-state index in [2.05, 4.69) is 24.4 Å². The topological polar surface area (TPSA) is 58.4 Å². The molecule has 0 saturated carbocycles. The second-order valence-corrected chi connectivity index (χ2v) is 5.77. The normalized spacial score (nSPS) is 20.5. The Morgan fingerprint density at radius 1 is 1.45 bits per heavy atom. The SMILES string of the molecule is CC1CCCN(C(=O)NC(CN)Cc2ccccc2)C1. The maximum Gasteiger partial charge on any atom is 0.317 e. The number of benzene rings is 1. The highest BCUT2D eigenvalue weighted by atomic mass is 16.2. The van der Waals surface area contributed by atoms with Crippen LogP contribution in [0.3, 0.4) is 0 Å². The Balaban J connectivity index is 1.87. The summed E-state index contributed by atoms with van der Waals surface area (Å²) in [5.74, 6) is 0.597. The van der Waals surface area contributed by atoms with Gasteiger partial charge >= 0.3 is 6.03 Å². The fourth-order valence-electron chi connectivity index (χ4n) is 2.73. The number of carbonyl (C=O) groups excluding carboxylic acids is 1. The van der Waals surface area contributed by atoms with Crippen LogP contribution in [-0.2, 0) is 6.42 Å². The number of nitrogens with zero attached hydrogens (tertiary/aromatic N) is 1. The molecule has 0 aliphatic carbocycles. The first-order valence-corrected chi connectivity index (χ1v) is 7.48. The summed E-state index contributed by atoms with van der Waals surface area (Å²) >= 11 is 0. The molecule has 0 spiro atoms. The minimum absolute atomic E-state index is 0.00197. The van der Waals surface area contributed by atoms with Crippen molar-refractivity contribution in [3.63, 3.8) is 0 Å². The van der Waals surface area contributed by atoms with E-state index >= 15 is 0 Å². The van der Waals surface area contributed by atoms with Gasteiger partial charge in [0.05, 0.1) is 0 Å². The van der Waals surface area contributed by atoms with Gasteiger partial charge in [-0.05, 0) is 30.7 Å². The molecule has 2 unspecified atom stereocenters. The van der Waals surface area contributed by atoms with E-state index in [1.165, 1.54) is 12.0 Å². The molecule has 2 rings (SSSR count). The van der Waals surface area contributed by atoms with Crippen molar-refractivity contribution in [3.8, 4) is 0 Å². The summed E-state index contributed by atoms with van der Waals surface area (Å²) in [6.45, 7) is 4.38. The molecule has 2 amide bonds. The van der Waals surface area contributed by atoms with Gasteiger partial charge in [0.25, 0.3) is 0 Å². The summed E-state index contributed by atoms with van der Waals surface area (Å²) in [5, 5.41) is 3.07. The quantitative estimate of drug-likeness (QED) is 0.883. The molecule has 0 bridgehead atoms. The zero-order chi connectivity index (χ0) is 14.4. The third kappa shape index (κ3) is 4.23. The van der Waals surface area contributed by atoms with Gasteiger partial charge in [-0.15, -0.1) is 0 Å². The Morgan fingerprint density at radius 2 is 2.20 bits per heavy atom. The minimum atomic E-state index is 0.00197. The first-order chi connectivity index (χ1) is 9.69. The fourth-order valence-corrected chi connectivity index (χ4v) is 2.73. The molecule has 0 radical (unpaired) electrons. The van der Waals surface area contributed by atoms with Gasteiger partial charge < -0.3 is 16.0 Å². The van der Waals surface area contributed by atoms with Crippen LogP contribution in [-0.4, -0.2) is 36.6 Å². The monoisotopic (exact) mass is 275 g/mol. The van der Waals surface area contributed by atoms with Crippen molar-refractivity contribution in [2.75, 3.05) is 19.6 Å². The van der Waals surface area contributed by atoms with Crippen LogP contribution in [0.15, 0.2) is 30.3 Å². The van der Waals surface area contributed by atoms with E-state index in [-0.39, 0.29) is 12.1 Å². The number of piperidine rings is 1. The molecule has 0 aromatic heterocycles. The Morgan fingerprint density at radius 3 is 2.85 bits per heavy atom. The van der Waals surface area contributed by atoms with E-state index < -0.39 is 0 Å². The summed E-state index contributed by atoms with van der Waals surface area (Å²) < 4.78 is 0. The lowest BCUT2D eigenvalue weighted by Crippen LogP contribution is -2.50. The molecule has 1 aliphatic rings. The van der Waals surface area contributed by atoms with Crippen molar-refractivity contribution >= 4 is 6.03 Å². The molecule has 1 aliphatic heterocycles. The van der Waals surface area contributed by atoms with Crippen molar-refractivity contribution in [1.82, 2.24) is 10.2 Å². The van der Waals surface area contributed by atoms with Gasteiger partial charge in [-0.3, -0.25) is 0 Å². The molecule has 1 aromatic carbocycles. The van der Waals surface area contributed by atoms with Crippen molar-refractivity contribution in [2.45, 2.75) is 32.2 Å². The van der Waals surface area contributed by atoms with Crippen LogP contribution in [0.25, 0.3) is 0 Å². The number of likely N-dealkylation sites (tertiary alicyclic amines) is 1. The van der Waals surface area contributed by atoms with Gasteiger partial charge in [-0.1, -0.05) is 37.3 Å². The summed E-state index contributed by atoms with van der Waals surface area (Å²) in [7, 11) is 0. The molecular formula is C16H25N3O. The Bertz CT molecular complexity index is 421. The van der Waals surface area contributed by atoms with Gasteiger partial charge in [0.1, 0.15) is 0 Å². The number of nitrogens with one attached hydrogen (secondary N) is 1. The zero-order valence-corrected chi connectivity index (χ0v) is 12.2. The first kappa shape index (κ1) is 14.9. The lowest BCUT2D eigenvalue weighted by molar-refractivity contribution is 0.166. The van der Waals surface area contributed by atoms with Crippen LogP contribution in [0.2, 0.25) is 0 Å². The van der Waals surface area contributed by atoms with Gasteiger partial charge in [0.2, 0.25) is 0 Å². The molecule has 2 atom stereocenters. The molecule has 20 heavy (non-hydrogen) atoms. The van der Waals surface area contributed by atoms with E-state index in [4.69, 9.17) is 5.73 Å². The van der Waals surface area contributed by atoms with Crippen molar-refractivity contribution in [3.05, 3.63) is 35.9 Å². The van der Waals surface area contributed by atoms with Crippen LogP contribution in [0.1, 0.15) is 25.3 Å². The van der Waals surface area contributed by atoms with Crippen molar-refractivity contribution in [1.29, 1.82) is 0 Å². The summed E-state index contributed by atoms with van der Waals surface area (Å²) in [4.78, 5) is 14.2. The number of hydrogen-bond acceptors (Lipinski definition) is 2. The number of amides is 2. The largest absolute Gasteiger partial charge is 0.334 e. The van der Waals surface area contributed by atoms with E-state index in [0.717, 1.165) is 25.9 Å². The minimum Gasteiger partial charge on any atom is -0.334 e. The number of rotatable bonds is 4. The smallest absolute Gasteiger partial charge is 0.317 e. The van der Waals surface area contributed by atoms with Crippen LogP contribution in [0.4, 0.5) is 4.79 Å². The van der Waals surface area contributed by atoms with Gasteiger partial charge in [0.15, 0.2) is 0 Å². The number of carbonyl (C=O) groups is 1. The Kier molecular flexibility index (Phi) is 5.41. The highest BCUT2D eigenvalue weighted by Gasteiger charge is 2.22. The van der Waals surface area contributed by atoms with Gasteiger partial charge in [-0.25, -0.2) is 4.79 Å². The predicted molar refractivity (Wildman–Crippen MR) is 81.5 cm³/mol. The van der Waals surface area contributed by atoms with Crippen molar-refractivity contribution < 1.29 is 4.79 Å². The first-order valence-electron chi connectivity index (χ1n) is 7.48. The van der Waals surface area contributed by atoms with E-state index in [9.17, 15) is 4.79 Å². The van der Waals surface area contributed by atoms with Gasteiger partial charge in [0, 0.05) is 25.7 Å².